The maximum absolute atomic E-state index is 12.0. The number of likely N-dealkylation sites (N-methyl/N-ethyl adjacent to an activating group) is 1. The molecule has 90 valence electrons. The third-order valence-corrected chi connectivity index (χ3v) is 3.30. The van der Waals surface area contributed by atoms with Crippen LogP contribution in [0.5, 0.6) is 0 Å². The van der Waals surface area contributed by atoms with Gasteiger partial charge in [-0.1, -0.05) is 6.92 Å². The molecule has 1 fully saturated rings. The zero-order valence-electron chi connectivity index (χ0n) is 10.4. The summed E-state index contributed by atoms with van der Waals surface area (Å²) in [4.78, 5) is 16.0. The molecule has 4 heteroatoms. The average Bonchev–Trinajstić information content (AvgIpc) is 2.30. The molecule has 16 heavy (non-hydrogen) atoms. The predicted octanol–water partition coefficient (Wildman–Crippen LogP) is 1.09. The first-order valence-corrected chi connectivity index (χ1v) is 5.95. The van der Waals surface area contributed by atoms with Crippen LogP contribution in [0.3, 0.4) is 0 Å². The molecular weight excluding hydrogens is 202 g/mol. The number of carbonyl (C=O) groups is 1. The van der Waals surface area contributed by atoms with Gasteiger partial charge < -0.3 is 9.80 Å². The molecule has 0 aromatic carbocycles. The molecule has 1 amide bonds. The molecule has 0 saturated carbocycles. The first-order chi connectivity index (χ1) is 7.60. The first kappa shape index (κ1) is 13.0. The summed E-state index contributed by atoms with van der Waals surface area (Å²) in [6.07, 6.45) is 2.79. The van der Waals surface area contributed by atoms with Crippen LogP contribution in [0.2, 0.25) is 0 Å². The van der Waals surface area contributed by atoms with Gasteiger partial charge in [0.05, 0.1) is 6.07 Å². The largest absolute Gasteiger partial charge is 0.340 e. The molecule has 2 unspecified atom stereocenters. The molecule has 1 saturated heterocycles. The van der Waals surface area contributed by atoms with Gasteiger partial charge in [-0.25, -0.2) is 0 Å². The Morgan fingerprint density at radius 2 is 2.31 bits per heavy atom. The number of piperidine rings is 1. The Labute approximate surface area is 97.8 Å². The minimum atomic E-state index is -0.457. The van der Waals surface area contributed by atoms with E-state index in [2.05, 4.69) is 11.0 Å². The van der Waals surface area contributed by atoms with Crippen LogP contribution < -0.4 is 0 Å². The lowest BCUT2D eigenvalue weighted by Crippen LogP contribution is -2.49. The summed E-state index contributed by atoms with van der Waals surface area (Å²) in [6, 6.07) is 2.53. The summed E-state index contributed by atoms with van der Waals surface area (Å²) in [5.41, 5.74) is 0. The van der Waals surface area contributed by atoms with Gasteiger partial charge in [0, 0.05) is 19.1 Å². The molecule has 1 rings (SSSR count). The Morgan fingerprint density at radius 1 is 1.62 bits per heavy atom. The summed E-state index contributed by atoms with van der Waals surface area (Å²) in [7, 11) is 4.08. The molecule has 0 aliphatic carbocycles. The van der Waals surface area contributed by atoms with Crippen molar-refractivity contribution in [3.05, 3.63) is 0 Å². The lowest BCUT2D eigenvalue weighted by molar-refractivity contribution is -0.135. The van der Waals surface area contributed by atoms with Crippen LogP contribution in [0, 0.1) is 17.2 Å². The van der Waals surface area contributed by atoms with E-state index >= 15 is 0 Å². The Bertz CT molecular complexity index is 282. The third-order valence-electron chi connectivity index (χ3n) is 3.30. The van der Waals surface area contributed by atoms with Crippen molar-refractivity contribution < 1.29 is 4.79 Å². The Balaban J connectivity index is 2.60. The fraction of sp³-hybridized carbons (Fsp3) is 0.833. The zero-order chi connectivity index (χ0) is 12.1. The number of amides is 1. The maximum Gasteiger partial charge on any atom is 0.239 e. The van der Waals surface area contributed by atoms with E-state index < -0.39 is 5.92 Å². The molecule has 1 aliphatic rings. The molecule has 0 aromatic rings. The van der Waals surface area contributed by atoms with E-state index in [0.717, 1.165) is 25.9 Å². The molecule has 2 atom stereocenters. The molecule has 1 heterocycles. The summed E-state index contributed by atoms with van der Waals surface area (Å²) in [6.45, 7) is 3.46. The Morgan fingerprint density at radius 3 is 2.81 bits per heavy atom. The Kier molecular flexibility index (Phi) is 4.75. The van der Waals surface area contributed by atoms with E-state index in [4.69, 9.17) is 5.26 Å². The number of hydrogen-bond acceptors (Lipinski definition) is 3. The van der Waals surface area contributed by atoms with Crippen molar-refractivity contribution in [2.75, 3.05) is 27.2 Å². The van der Waals surface area contributed by atoms with Crippen molar-refractivity contribution in [3.8, 4) is 6.07 Å². The molecule has 1 aliphatic heterocycles. The normalized spacial score (nSPS) is 22.9. The average molecular weight is 223 g/mol. The highest BCUT2D eigenvalue weighted by Gasteiger charge is 2.28. The number of hydrogen-bond donors (Lipinski definition) is 0. The van der Waals surface area contributed by atoms with Crippen molar-refractivity contribution >= 4 is 5.91 Å². The topological polar surface area (TPSA) is 47.3 Å². The SMILES string of the molecule is CCC(C#N)C(=O)N1CCCC(N(C)C)C1. The van der Waals surface area contributed by atoms with Gasteiger partial charge in [0.15, 0.2) is 0 Å². The van der Waals surface area contributed by atoms with Crippen LogP contribution >= 0.6 is 0 Å². The van der Waals surface area contributed by atoms with Gasteiger partial charge >= 0.3 is 0 Å². The molecule has 0 bridgehead atoms. The van der Waals surface area contributed by atoms with Gasteiger partial charge in [0.25, 0.3) is 0 Å². The molecule has 0 spiro atoms. The minimum absolute atomic E-state index is 0.0107. The molecule has 0 N–H and O–H groups in total. The van der Waals surface area contributed by atoms with Crippen LogP contribution in [0.1, 0.15) is 26.2 Å². The van der Waals surface area contributed by atoms with Crippen LogP contribution in [0.4, 0.5) is 0 Å². The highest BCUT2D eigenvalue weighted by molar-refractivity contribution is 5.81. The van der Waals surface area contributed by atoms with E-state index in [1.807, 2.05) is 25.9 Å². The highest BCUT2D eigenvalue weighted by atomic mass is 16.2. The van der Waals surface area contributed by atoms with Gasteiger partial charge in [-0.05, 0) is 33.4 Å². The molecular formula is C12H21N3O. The van der Waals surface area contributed by atoms with Crippen LogP contribution in [-0.2, 0) is 4.79 Å². The molecule has 4 nitrogen and oxygen atoms in total. The minimum Gasteiger partial charge on any atom is -0.340 e. The summed E-state index contributed by atoms with van der Waals surface area (Å²) >= 11 is 0. The van der Waals surface area contributed by atoms with E-state index in [0.29, 0.717) is 12.5 Å². The highest BCUT2D eigenvalue weighted by Crippen LogP contribution is 2.17. The van der Waals surface area contributed by atoms with E-state index in [9.17, 15) is 4.79 Å². The van der Waals surface area contributed by atoms with Gasteiger partial charge in [0.1, 0.15) is 5.92 Å². The fourth-order valence-electron chi connectivity index (χ4n) is 2.12. The lowest BCUT2D eigenvalue weighted by atomic mass is 10.0. The maximum atomic E-state index is 12.0. The van der Waals surface area contributed by atoms with Gasteiger partial charge in [-0.2, -0.15) is 5.26 Å². The van der Waals surface area contributed by atoms with Crippen LogP contribution in [-0.4, -0.2) is 48.9 Å². The van der Waals surface area contributed by atoms with Gasteiger partial charge in [0.2, 0.25) is 5.91 Å². The van der Waals surface area contributed by atoms with Crippen LogP contribution in [0.25, 0.3) is 0 Å². The second kappa shape index (κ2) is 5.86. The van der Waals surface area contributed by atoms with Gasteiger partial charge in [-0.3, -0.25) is 4.79 Å². The number of rotatable bonds is 3. The second-order valence-electron chi connectivity index (χ2n) is 4.63. The smallest absolute Gasteiger partial charge is 0.239 e. The number of nitrogens with zero attached hydrogens (tertiary/aromatic N) is 3. The lowest BCUT2D eigenvalue weighted by Gasteiger charge is -2.36. The second-order valence-corrected chi connectivity index (χ2v) is 4.63. The first-order valence-electron chi connectivity index (χ1n) is 5.95. The fourth-order valence-corrected chi connectivity index (χ4v) is 2.12. The van der Waals surface area contributed by atoms with Crippen molar-refractivity contribution in [2.45, 2.75) is 32.2 Å². The monoisotopic (exact) mass is 223 g/mol. The summed E-state index contributed by atoms with van der Waals surface area (Å²) in [5, 5.41) is 8.89. The van der Waals surface area contributed by atoms with E-state index in [1.54, 1.807) is 0 Å². The zero-order valence-corrected chi connectivity index (χ0v) is 10.4. The quantitative estimate of drug-likeness (QED) is 0.719. The van der Waals surface area contributed by atoms with Crippen LogP contribution in [0.15, 0.2) is 0 Å². The van der Waals surface area contributed by atoms with Crippen molar-refractivity contribution in [1.29, 1.82) is 5.26 Å². The van der Waals surface area contributed by atoms with Crippen molar-refractivity contribution in [1.82, 2.24) is 9.80 Å². The molecule has 0 aromatic heterocycles. The molecule has 0 radical (unpaired) electrons. The van der Waals surface area contributed by atoms with E-state index in [1.165, 1.54) is 0 Å². The number of carbonyl (C=O) groups excluding carboxylic acids is 1. The van der Waals surface area contributed by atoms with E-state index in [-0.39, 0.29) is 5.91 Å². The van der Waals surface area contributed by atoms with Gasteiger partial charge in [-0.15, -0.1) is 0 Å². The number of nitriles is 1. The number of likely N-dealkylation sites (tertiary alicyclic amines) is 1. The third kappa shape index (κ3) is 2.96. The predicted molar refractivity (Wildman–Crippen MR) is 62.7 cm³/mol. The summed E-state index contributed by atoms with van der Waals surface area (Å²) in [5.74, 6) is -0.447. The standard InChI is InChI=1S/C12H21N3O/c1-4-10(8-13)12(16)15-7-5-6-11(9-15)14(2)3/h10-11H,4-7,9H2,1-3H3. The van der Waals surface area contributed by atoms with Crippen molar-refractivity contribution in [3.63, 3.8) is 0 Å². The summed E-state index contributed by atoms with van der Waals surface area (Å²) < 4.78 is 0. The Hall–Kier alpha value is -1.08. The van der Waals surface area contributed by atoms with Crippen molar-refractivity contribution in [2.24, 2.45) is 5.92 Å².